The van der Waals surface area contributed by atoms with Gasteiger partial charge in [-0.15, -0.1) is 0 Å². The maximum atomic E-state index is 9.67. The van der Waals surface area contributed by atoms with Crippen molar-refractivity contribution in [2.24, 2.45) is 0 Å². The summed E-state index contributed by atoms with van der Waals surface area (Å²) < 4.78 is 0. The topological polar surface area (TPSA) is 40.5 Å². The zero-order valence-corrected chi connectivity index (χ0v) is 8.59. The quantitative estimate of drug-likeness (QED) is 0.686. The third-order valence-electron chi connectivity index (χ3n) is 2.54. The van der Waals surface area contributed by atoms with Crippen LogP contribution in [0.25, 0.3) is 0 Å². The summed E-state index contributed by atoms with van der Waals surface area (Å²) >= 11 is 0. The molecule has 0 radical (unpaired) electrons. The Morgan fingerprint density at radius 2 is 1.87 bits per heavy atom. The van der Waals surface area contributed by atoms with Crippen molar-refractivity contribution < 1.29 is 10.2 Å². The molecule has 0 heterocycles. The van der Waals surface area contributed by atoms with Gasteiger partial charge in [0.1, 0.15) is 5.75 Å². The fourth-order valence-corrected chi connectivity index (χ4v) is 1.67. The second-order valence-electron chi connectivity index (χ2n) is 4.06. The van der Waals surface area contributed by atoms with Crippen LogP contribution in [0.1, 0.15) is 18.4 Å². The van der Waals surface area contributed by atoms with E-state index in [-0.39, 0.29) is 11.7 Å². The average Bonchev–Trinajstić information content (AvgIpc) is 2.17. The summed E-state index contributed by atoms with van der Waals surface area (Å²) in [5.74, 6) is 0.406. The summed E-state index contributed by atoms with van der Waals surface area (Å²) in [6.07, 6.45) is 7.41. The minimum Gasteiger partial charge on any atom is -0.508 e. The first-order valence-electron chi connectivity index (χ1n) is 4.97. The first-order valence-corrected chi connectivity index (χ1v) is 4.97. The SMILES string of the molecule is CC1(O)C=CC(c2cccc(O)c2)C=C1. The molecule has 0 saturated heterocycles. The van der Waals surface area contributed by atoms with Crippen LogP contribution in [0.3, 0.4) is 0 Å². The van der Waals surface area contributed by atoms with E-state index in [1.54, 1.807) is 31.2 Å². The van der Waals surface area contributed by atoms with E-state index in [1.807, 2.05) is 24.3 Å². The standard InChI is InChI=1S/C13H14O2/c1-13(15)7-5-10(6-8-13)11-3-2-4-12(14)9-11/h2-10,14-15H,1H3. The highest BCUT2D eigenvalue weighted by Crippen LogP contribution is 2.27. The molecule has 2 rings (SSSR count). The molecule has 2 heteroatoms. The van der Waals surface area contributed by atoms with Crippen molar-refractivity contribution >= 4 is 0 Å². The van der Waals surface area contributed by atoms with E-state index in [9.17, 15) is 10.2 Å². The lowest BCUT2D eigenvalue weighted by atomic mass is 9.89. The van der Waals surface area contributed by atoms with E-state index < -0.39 is 5.60 Å². The van der Waals surface area contributed by atoms with Crippen LogP contribution in [0.2, 0.25) is 0 Å². The number of hydrogen-bond acceptors (Lipinski definition) is 2. The third kappa shape index (κ3) is 2.28. The number of phenolic OH excluding ortho intramolecular Hbond substituents is 1. The molecule has 1 aromatic rings. The molecule has 15 heavy (non-hydrogen) atoms. The van der Waals surface area contributed by atoms with Crippen molar-refractivity contribution in [2.75, 3.05) is 0 Å². The molecule has 2 nitrogen and oxygen atoms in total. The van der Waals surface area contributed by atoms with Crippen molar-refractivity contribution in [3.63, 3.8) is 0 Å². The van der Waals surface area contributed by atoms with Crippen LogP contribution in [-0.2, 0) is 0 Å². The summed E-state index contributed by atoms with van der Waals surface area (Å²) in [7, 11) is 0. The lowest BCUT2D eigenvalue weighted by Crippen LogP contribution is -2.19. The van der Waals surface area contributed by atoms with Gasteiger partial charge in [0.25, 0.3) is 0 Å². The Morgan fingerprint density at radius 1 is 1.20 bits per heavy atom. The molecule has 78 valence electrons. The molecule has 0 amide bonds. The minimum atomic E-state index is -0.840. The summed E-state index contributed by atoms with van der Waals surface area (Å²) in [5, 5.41) is 19.0. The summed E-state index contributed by atoms with van der Waals surface area (Å²) in [4.78, 5) is 0. The highest BCUT2D eigenvalue weighted by Gasteiger charge is 2.18. The highest BCUT2D eigenvalue weighted by atomic mass is 16.3. The molecular weight excluding hydrogens is 188 g/mol. The molecule has 0 saturated carbocycles. The number of hydrogen-bond donors (Lipinski definition) is 2. The lowest BCUT2D eigenvalue weighted by molar-refractivity contribution is 0.161. The van der Waals surface area contributed by atoms with Crippen LogP contribution in [0.15, 0.2) is 48.6 Å². The van der Waals surface area contributed by atoms with Crippen molar-refractivity contribution in [3.05, 3.63) is 54.1 Å². The zero-order chi connectivity index (χ0) is 10.9. The van der Waals surface area contributed by atoms with Gasteiger partial charge in [-0.05, 0) is 24.6 Å². The van der Waals surface area contributed by atoms with Gasteiger partial charge in [0.05, 0.1) is 5.60 Å². The zero-order valence-electron chi connectivity index (χ0n) is 8.59. The van der Waals surface area contributed by atoms with E-state index in [4.69, 9.17) is 0 Å². The Labute approximate surface area is 89.2 Å². The van der Waals surface area contributed by atoms with Gasteiger partial charge in [0.2, 0.25) is 0 Å². The van der Waals surface area contributed by atoms with Gasteiger partial charge in [-0.2, -0.15) is 0 Å². The van der Waals surface area contributed by atoms with Crippen LogP contribution >= 0.6 is 0 Å². The Bertz CT molecular complexity index is 400. The normalized spacial score (nSPS) is 29.3. The van der Waals surface area contributed by atoms with E-state index in [2.05, 4.69) is 0 Å². The van der Waals surface area contributed by atoms with Gasteiger partial charge in [0.15, 0.2) is 0 Å². The van der Waals surface area contributed by atoms with Gasteiger partial charge in [-0.1, -0.05) is 36.4 Å². The minimum absolute atomic E-state index is 0.136. The molecule has 0 aliphatic heterocycles. The Kier molecular flexibility index (Phi) is 2.37. The molecule has 0 spiro atoms. The van der Waals surface area contributed by atoms with Crippen molar-refractivity contribution in [1.82, 2.24) is 0 Å². The van der Waals surface area contributed by atoms with E-state index in [1.165, 1.54) is 0 Å². The van der Waals surface area contributed by atoms with Crippen LogP contribution < -0.4 is 0 Å². The van der Waals surface area contributed by atoms with Crippen molar-refractivity contribution in [1.29, 1.82) is 0 Å². The van der Waals surface area contributed by atoms with Gasteiger partial charge in [0, 0.05) is 5.92 Å². The fourth-order valence-electron chi connectivity index (χ4n) is 1.67. The van der Waals surface area contributed by atoms with E-state index >= 15 is 0 Å². The van der Waals surface area contributed by atoms with Gasteiger partial charge in [-0.3, -0.25) is 0 Å². The first-order chi connectivity index (χ1) is 7.07. The maximum Gasteiger partial charge on any atom is 0.115 e. The predicted octanol–water partition coefficient (Wildman–Crippen LogP) is 2.35. The predicted molar refractivity (Wildman–Crippen MR) is 59.8 cm³/mol. The maximum absolute atomic E-state index is 9.67. The molecular formula is C13H14O2. The molecule has 1 aliphatic rings. The van der Waals surface area contributed by atoms with Crippen LogP contribution in [0.5, 0.6) is 5.75 Å². The number of aromatic hydroxyl groups is 1. The monoisotopic (exact) mass is 202 g/mol. The first kappa shape index (κ1) is 9.99. The number of benzene rings is 1. The molecule has 1 aliphatic carbocycles. The highest BCUT2D eigenvalue weighted by molar-refractivity contribution is 5.38. The van der Waals surface area contributed by atoms with Crippen LogP contribution in [0.4, 0.5) is 0 Å². The smallest absolute Gasteiger partial charge is 0.115 e. The average molecular weight is 202 g/mol. The third-order valence-corrected chi connectivity index (χ3v) is 2.54. The summed E-state index contributed by atoms with van der Waals surface area (Å²) in [6, 6.07) is 7.16. The molecule has 0 unspecified atom stereocenters. The number of rotatable bonds is 1. The number of phenols is 1. The second kappa shape index (κ2) is 3.55. The van der Waals surface area contributed by atoms with Crippen LogP contribution in [-0.4, -0.2) is 15.8 Å². The molecule has 0 fully saturated rings. The van der Waals surface area contributed by atoms with Gasteiger partial charge >= 0.3 is 0 Å². The van der Waals surface area contributed by atoms with Crippen molar-refractivity contribution in [3.8, 4) is 5.75 Å². The molecule has 0 bridgehead atoms. The fraction of sp³-hybridized carbons (Fsp3) is 0.231. The molecule has 0 aromatic heterocycles. The molecule has 1 aromatic carbocycles. The Balaban J connectivity index is 2.25. The summed E-state index contributed by atoms with van der Waals surface area (Å²) in [6.45, 7) is 1.73. The summed E-state index contributed by atoms with van der Waals surface area (Å²) in [5.41, 5.74) is 0.186. The van der Waals surface area contributed by atoms with E-state index in [0.717, 1.165) is 5.56 Å². The number of allylic oxidation sites excluding steroid dienone is 2. The van der Waals surface area contributed by atoms with Gasteiger partial charge < -0.3 is 10.2 Å². The van der Waals surface area contributed by atoms with Gasteiger partial charge in [-0.25, -0.2) is 0 Å². The Hall–Kier alpha value is -1.54. The lowest BCUT2D eigenvalue weighted by Gasteiger charge is -2.21. The largest absolute Gasteiger partial charge is 0.508 e. The number of aliphatic hydroxyl groups is 1. The van der Waals surface area contributed by atoms with E-state index in [0.29, 0.717) is 0 Å². The Morgan fingerprint density at radius 3 is 2.47 bits per heavy atom. The second-order valence-corrected chi connectivity index (χ2v) is 4.06. The molecule has 2 N–H and O–H groups in total. The molecule has 0 atom stereocenters. The van der Waals surface area contributed by atoms with Crippen molar-refractivity contribution in [2.45, 2.75) is 18.4 Å². The van der Waals surface area contributed by atoms with Crippen LogP contribution in [0, 0.1) is 0 Å².